The van der Waals surface area contributed by atoms with E-state index in [0.717, 1.165) is 12.1 Å². The monoisotopic (exact) mass is 436 g/mol. The topological polar surface area (TPSA) is 124 Å². The summed E-state index contributed by atoms with van der Waals surface area (Å²) in [7, 11) is -4.52. The summed E-state index contributed by atoms with van der Waals surface area (Å²) >= 11 is 2.27. The molecule has 0 saturated carbocycles. The zero-order valence-electron chi connectivity index (χ0n) is 11.2. The first-order valence-corrected chi connectivity index (χ1v) is 8.43. The fourth-order valence-electron chi connectivity index (χ4n) is 1.45. The molecule has 9 heteroatoms. The highest BCUT2D eigenvalue weighted by atomic mass is 127. The number of nitrogens with zero attached hydrogens (tertiary/aromatic N) is 1. The molecule has 0 saturated heterocycles. The molecule has 0 aromatic heterocycles. The fourth-order valence-corrected chi connectivity index (χ4v) is 2.46. The largest absolute Gasteiger partial charge is 0.326 e. The molecule has 0 unspecified atom stereocenters. The smallest absolute Gasteiger partial charge is 0.301 e. The number of nitrogens with two attached hydrogens (primary N) is 1. The van der Waals surface area contributed by atoms with E-state index in [9.17, 15) is 18.5 Å². The van der Waals surface area contributed by atoms with Crippen LogP contribution in [0.25, 0.3) is 0 Å². The van der Waals surface area contributed by atoms with Crippen LogP contribution >= 0.6 is 22.6 Å². The molecule has 2 aromatic carbocycles. The number of benzene rings is 2. The zero-order chi connectivity index (χ0) is 16.8. The summed E-state index contributed by atoms with van der Waals surface area (Å²) in [6, 6.07) is 12.8. The number of nitro groups is 1. The van der Waals surface area contributed by atoms with Gasteiger partial charge in [0, 0.05) is 16.2 Å². The first-order valence-electron chi connectivity index (χ1n) is 5.91. The molecule has 2 rings (SSSR count). The van der Waals surface area contributed by atoms with Gasteiger partial charge in [-0.25, -0.2) is 0 Å². The van der Waals surface area contributed by atoms with Crippen LogP contribution in [0.1, 0.15) is 5.56 Å². The molecule has 0 aliphatic carbocycles. The van der Waals surface area contributed by atoms with Gasteiger partial charge in [-0.1, -0.05) is 24.3 Å². The molecule has 0 aliphatic heterocycles. The molecule has 0 bridgehead atoms. The summed E-state index contributed by atoms with van der Waals surface area (Å²) in [4.78, 5) is 8.73. The van der Waals surface area contributed by atoms with Gasteiger partial charge in [0.1, 0.15) is 0 Å². The van der Waals surface area contributed by atoms with Gasteiger partial charge in [0.2, 0.25) is 0 Å². The lowest BCUT2D eigenvalue weighted by atomic mass is 10.2. The third kappa shape index (κ3) is 5.67. The van der Waals surface area contributed by atoms with Crippen molar-refractivity contribution in [2.24, 2.45) is 5.73 Å². The van der Waals surface area contributed by atoms with Gasteiger partial charge >= 0.3 is 10.1 Å². The molecule has 3 N–H and O–H groups in total. The molecule has 118 valence electrons. The molecular weight excluding hydrogens is 423 g/mol. The fraction of sp³-hybridized carbons (Fsp3) is 0.0769. The second-order valence-electron chi connectivity index (χ2n) is 4.03. The lowest BCUT2D eigenvalue weighted by molar-refractivity contribution is -0.387. The molecule has 2 aromatic rings. The Morgan fingerprint density at radius 1 is 1.14 bits per heavy atom. The van der Waals surface area contributed by atoms with Crippen molar-refractivity contribution in [2.45, 2.75) is 11.4 Å². The van der Waals surface area contributed by atoms with Crippen LogP contribution in [0.5, 0.6) is 0 Å². The lowest BCUT2D eigenvalue weighted by Crippen LogP contribution is -2.02. The quantitative estimate of drug-likeness (QED) is 0.330. The molecule has 22 heavy (non-hydrogen) atoms. The van der Waals surface area contributed by atoms with E-state index in [0.29, 0.717) is 6.54 Å². The third-order valence-corrected chi connectivity index (χ3v) is 4.11. The molecular formula is C13H13IN2O5S. The van der Waals surface area contributed by atoms with Crippen molar-refractivity contribution in [1.82, 2.24) is 0 Å². The first kappa shape index (κ1) is 18.5. The minimum absolute atomic E-state index is 0.634. The van der Waals surface area contributed by atoms with Crippen LogP contribution in [-0.4, -0.2) is 17.9 Å². The third-order valence-electron chi connectivity index (χ3n) is 2.49. The predicted molar refractivity (Wildman–Crippen MR) is 90.0 cm³/mol. The van der Waals surface area contributed by atoms with E-state index in [1.165, 1.54) is 21.3 Å². The predicted octanol–water partition coefficient (Wildman–Crippen LogP) is 2.59. The average molecular weight is 436 g/mol. The Morgan fingerprint density at radius 2 is 1.68 bits per heavy atom. The average Bonchev–Trinajstić information content (AvgIpc) is 2.48. The van der Waals surface area contributed by atoms with Gasteiger partial charge in [-0.2, -0.15) is 8.42 Å². The van der Waals surface area contributed by atoms with Crippen LogP contribution in [0.4, 0.5) is 5.69 Å². The molecule has 0 heterocycles. The molecule has 0 fully saturated rings. The molecule has 0 amide bonds. The molecule has 0 atom stereocenters. The molecule has 0 radical (unpaired) electrons. The van der Waals surface area contributed by atoms with Gasteiger partial charge in [-0.3, -0.25) is 14.7 Å². The Labute approximate surface area is 141 Å². The standard InChI is InChI=1S/C7H8IN.C6H5NO5S/c8-7-3-1-6(5-9)2-4-7;8-7(9)5-3-1-2-4-6(5)13(10,11)12/h1-4H,5,9H2;1-4H,(H,10,11,12). The van der Waals surface area contributed by atoms with Crippen molar-refractivity contribution in [3.8, 4) is 0 Å². The summed E-state index contributed by atoms with van der Waals surface area (Å²) in [5, 5.41) is 10.3. The van der Waals surface area contributed by atoms with Crippen molar-refractivity contribution in [1.29, 1.82) is 0 Å². The molecule has 0 aliphatic rings. The maximum Gasteiger partial charge on any atom is 0.301 e. The number of rotatable bonds is 3. The van der Waals surface area contributed by atoms with E-state index >= 15 is 0 Å². The van der Waals surface area contributed by atoms with Crippen LogP contribution in [0.15, 0.2) is 53.4 Å². The molecule has 0 spiro atoms. The van der Waals surface area contributed by atoms with Gasteiger partial charge in [-0.15, -0.1) is 0 Å². The number of hydrogen-bond donors (Lipinski definition) is 2. The van der Waals surface area contributed by atoms with Crippen LogP contribution in [0.2, 0.25) is 0 Å². The highest BCUT2D eigenvalue weighted by Gasteiger charge is 2.22. The zero-order valence-corrected chi connectivity index (χ0v) is 14.2. The number of halogens is 1. The van der Waals surface area contributed by atoms with Gasteiger partial charge in [0.25, 0.3) is 5.69 Å². The summed E-state index contributed by atoms with van der Waals surface area (Å²) in [5.74, 6) is 0. The maximum absolute atomic E-state index is 10.6. The van der Waals surface area contributed by atoms with E-state index in [1.807, 2.05) is 12.1 Å². The normalized spacial score (nSPS) is 10.5. The van der Waals surface area contributed by atoms with Gasteiger partial charge in [0.05, 0.1) is 4.92 Å². The lowest BCUT2D eigenvalue weighted by Gasteiger charge is -1.97. The SMILES string of the molecule is NCc1ccc(I)cc1.O=[N+]([O-])c1ccccc1S(=O)(=O)O. The Morgan fingerprint density at radius 3 is 2.09 bits per heavy atom. The van der Waals surface area contributed by atoms with Gasteiger partial charge in [-0.05, 0) is 46.4 Å². The van der Waals surface area contributed by atoms with Crippen molar-refractivity contribution in [3.63, 3.8) is 0 Å². The highest BCUT2D eigenvalue weighted by molar-refractivity contribution is 14.1. The van der Waals surface area contributed by atoms with Crippen molar-refractivity contribution in [2.75, 3.05) is 0 Å². The van der Waals surface area contributed by atoms with Crippen molar-refractivity contribution in [3.05, 3.63) is 67.8 Å². The van der Waals surface area contributed by atoms with Crippen molar-refractivity contribution < 1.29 is 17.9 Å². The maximum atomic E-state index is 10.6. The summed E-state index contributed by atoms with van der Waals surface area (Å²) in [5.41, 5.74) is 5.95. The minimum atomic E-state index is -4.52. The second kappa shape index (κ2) is 8.17. The number of para-hydroxylation sites is 1. The Hall–Kier alpha value is -1.56. The second-order valence-corrected chi connectivity index (χ2v) is 6.67. The van der Waals surface area contributed by atoms with E-state index in [1.54, 1.807) is 0 Å². The first-order chi connectivity index (χ1) is 10.3. The number of nitro benzene ring substituents is 1. The Balaban J connectivity index is 0.000000235. The summed E-state index contributed by atoms with van der Waals surface area (Å²) in [6.45, 7) is 0.636. The summed E-state index contributed by atoms with van der Waals surface area (Å²) in [6.07, 6.45) is 0. The number of hydrogen-bond acceptors (Lipinski definition) is 5. The van der Waals surface area contributed by atoms with Gasteiger partial charge < -0.3 is 5.73 Å². The van der Waals surface area contributed by atoms with E-state index < -0.39 is 25.6 Å². The minimum Gasteiger partial charge on any atom is -0.326 e. The van der Waals surface area contributed by atoms with Crippen LogP contribution < -0.4 is 5.73 Å². The Kier molecular flexibility index (Phi) is 6.87. The van der Waals surface area contributed by atoms with Crippen LogP contribution in [0, 0.1) is 13.7 Å². The van der Waals surface area contributed by atoms with E-state index in [-0.39, 0.29) is 0 Å². The Bertz CT molecular complexity index is 747. The van der Waals surface area contributed by atoms with E-state index in [4.69, 9.17) is 10.3 Å². The van der Waals surface area contributed by atoms with E-state index in [2.05, 4.69) is 34.7 Å². The summed E-state index contributed by atoms with van der Waals surface area (Å²) < 4.78 is 31.1. The van der Waals surface area contributed by atoms with Gasteiger partial charge in [0.15, 0.2) is 4.90 Å². The molecule has 7 nitrogen and oxygen atoms in total. The van der Waals surface area contributed by atoms with Crippen molar-refractivity contribution >= 4 is 38.4 Å². The van der Waals surface area contributed by atoms with Crippen LogP contribution in [0.3, 0.4) is 0 Å². The van der Waals surface area contributed by atoms with Crippen LogP contribution in [-0.2, 0) is 16.7 Å². The highest BCUT2D eigenvalue weighted by Crippen LogP contribution is 2.21.